The van der Waals surface area contributed by atoms with Gasteiger partial charge in [0.05, 0.1) is 0 Å². The van der Waals surface area contributed by atoms with Gasteiger partial charge in [-0.2, -0.15) is 0 Å². The Kier molecular flexibility index (Phi) is 9.09. The number of Topliss-reactive ketones (excluding diaryl/α,β-unsaturated/α-hetero) is 1. The van der Waals surface area contributed by atoms with Crippen molar-refractivity contribution in [2.24, 2.45) is 11.8 Å². The molecule has 2 saturated heterocycles. The van der Waals surface area contributed by atoms with E-state index in [2.05, 4.69) is 4.90 Å². The number of hydrogen-bond acceptors (Lipinski definition) is 6. The summed E-state index contributed by atoms with van der Waals surface area (Å²) in [5, 5.41) is 1.34. The van der Waals surface area contributed by atoms with Gasteiger partial charge in [0.1, 0.15) is 18.1 Å². The molecule has 172 valence electrons. The van der Waals surface area contributed by atoms with E-state index in [4.69, 9.17) is 9.57 Å². The lowest BCUT2D eigenvalue weighted by Crippen LogP contribution is -2.46. The molecule has 0 unspecified atom stereocenters. The Morgan fingerprint density at radius 3 is 2.07 bits per heavy atom. The first-order chi connectivity index (χ1) is 14.1. The van der Waals surface area contributed by atoms with Crippen molar-refractivity contribution >= 4 is 17.8 Å². The molecule has 0 radical (unpaired) electrons. The third-order valence-electron chi connectivity index (χ3n) is 5.78. The van der Waals surface area contributed by atoms with Gasteiger partial charge in [-0.1, -0.05) is 6.92 Å². The first-order valence-corrected chi connectivity index (χ1v) is 11.2. The van der Waals surface area contributed by atoms with Gasteiger partial charge in [0.15, 0.2) is 0 Å². The second-order valence-corrected chi connectivity index (χ2v) is 9.44. The molecule has 0 aliphatic carbocycles. The average molecular weight is 426 g/mol. The topological polar surface area (TPSA) is 79.4 Å². The molecule has 2 rings (SSSR count). The average Bonchev–Trinajstić information content (AvgIpc) is 2.71. The monoisotopic (exact) mass is 425 g/mol. The van der Waals surface area contributed by atoms with E-state index in [1.165, 1.54) is 5.06 Å². The fourth-order valence-electron chi connectivity index (χ4n) is 3.96. The van der Waals surface area contributed by atoms with Crippen molar-refractivity contribution in [3.05, 3.63) is 0 Å². The normalized spacial score (nSPS) is 19.6. The fraction of sp³-hybridized carbons (Fsp3) is 0.864. The first-order valence-electron chi connectivity index (χ1n) is 11.2. The maximum Gasteiger partial charge on any atom is 0.410 e. The zero-order chi connectivity index (χ0) is 22.3. The molecule has 0 saturated carbocycles. The van der Waals surface area contributed by atoms with Crippen LogP contribution in [0.3, 0.4) is 0 Å². The number of hydrogen-bond donors (Lipinski definition) is 0. The maximum atomic E-state index is 12.7. The molecule has 2 fully saturated rings. The van der Waals surface area contributed by atoms with Gasteiger partial charge in [-0.3, -0.25) is 19.3 Å². The number of ketones is 1. The van der Waals surface area contributed by atoms with Crippen molar-refractivity contribution in [2.75, 3.05) is 40.0 Å². The van der Waals surface area contributed by atoms with E-state index >= 15 is 0 Å². The number of ether oxygens (including phenoxy) is 1. The van der Waals surface area contributed by atoms with Crippen molar-refractivity contribution in [3.63, 3.8) is 0 Å². The molecule has 0 atom stereocenters. The second-order valence-electron chi connectivity index (χ2n) is 9.44. The quantitative estimate of drug-likeness (QED) is 0.583. The van der Waals surface area contributed by atoms with Gasteiger partial charge < -0.3 is 9.64 Å². The number of rotatable bonds is 7. The van der Waals surface area contributed by atoms with Gasteiger partial charge in [0, 0.05) is 51.5 Å². The van der Waals surface area contributed by atoms with Crippen LogP contribution in [0.2, 0.25) is 0 Å². The highest BCUT2D eigenvalue weighted by Crippen LogP contribution is 2.23. The highest BCUT2D eigenvalue weighted by Gasteiger charge is 2.32. The van der Waals surface area contributed by atoms with E-state index in [9.17, 15) is 14.4 Å². The van der Waals surface area contributed by atoms with E-state index < -0.39 is 5.60 Å². The predicted molar refractivity (Wildman–Crippen MR) is 113 cm³/mol. The minimum atomic E-state index is -0.518. The summed E-state index contributed by atoms with van der Waals surface area (Å²) in [5.74, 6) is 0.358. The lowest BCUT2D eigenvalue weighted by Gasteiger charge is -2.35. The lowest BCUT2D eigenvalue weighted by atomic mass is 9.91. The zero-order valence-corrected chi connectivity index (χ0v) is 19.3. The Morgan fingerprint density at radius 2 is 1.53 bits per heavy atom. The Morgan fingerprint density at radius 1 is 0.967 bits per heavy atom. The number of carbonyl (C=O) groups excluding carboxylic acids is 3. The van der Waals surface area contributed by atoms with Crippen molar-refractivity contribution in [2.45, 2.75) is 71.8 Å². The van der Waals surface area contributed by atoms with Gasteiger partial charge in [0.2, 0.25) is 5.91 Å². The highest BCUT2D eigenvalue weighted by atomic mass is 16.7. The Bertz CT molecular complexity index is 588. The number of carbonyl (C=O) groups is 3. The molecule has 8 nitrogen and oxygen atoms in total. The number of nitrogens with zero attached hydrogens (tertiary/aromatic N) is 3. The van der Waals surface area contributed by atoms with E-state index in [1.54, 1.807) is 11.9 Å². The molecule has 2 aliphatic heterocycles. The van der Waals surface area contributed by atoms with Crippen LogP contribution in [0.15, 0.2) is 0 Å². The lowest BCUT2D eigenvalue weighted by molar-refractivity contribution is -0.200. The van der Waals surface area contributed by atoms with Gasteiger partial charge >= 0.3 is 6.09 Å². The summed E-state index contributed by atoms with van der Waals surface area (Å²) in [7, 11) is 1.65. The van der Waals surface area contributed by atoms with Gasteiger partial charge in [-0.05, 0) is 52.9 Å². The van der Waals surface area contributed by atoms with Crippen LogP contribution in [-0.2, 0) is 19.2 Å². The Labute approximate surface area is 180 Å². The molecule has 30 heavy (non-hydrogen) atoms. The number of piperidine rings is 2. The van der Waals surface area contributed by atoms with Crippen LogP contribution in [0.4, 0.5) is 4.79 Å². The van der Waals surface area contributed by atoms with Gasteiger partial charge in [-0.15, -0.1) is 0 Å². The molecule has 2 amide bonds. The molecule has 0 spiro atoms. The largest absolute Gasteiger partial charge is 0.444 e. The molecule has 0 N–H and O–H groups in total. The summed E-state index contributed by atoms with van der Waals surface area (Å²) in [6.07, 6.45) is 4.20. The molecule has 2 aliphatic rings. The highest BCUT2D eigenvalue weighted by molar-refractivity contribution is 5.81. The van der Waals surface area contributed by atoms with Crippen molar-refractivity contribution in [1.82, 2.24) is 14.9 Å². The summed E-state index contributed by atoms with van der Waals surface area (Å²) < 4.78 is 5.40. The second kappa shape index (κ2) is 11.1. The summed E-state index contributed by atoms with van der Waals surface area (Å²) >= 11 is 0. The number of hydroxylamine groups is 2. The predicted octanol–water partition coefficient (Wildman–Crippen LogP) is 3.06. The van der Waals surface area contributed by atoms with Crippen molar-refractivity contribution in [1.29, 1.82) is 0 Å². The van der Waals surface area contributed by atoms with Crippen molar-refractivity contribution < 1.29 is 24.0 Å². The van der Waals surface area contributed by atoms with E-state index in [0.29, 0.717) is 44.9 Å². The third-order valence-corrected chi connectivity index (χ3v) is 5.78. The fourth-order valence-corrected chi connectivity index (χ4v) is 3.96. The molecule has 0 aromatic heterocycles. The summed E-state index contributed by atoms with van der Waals surface area (Å²) in [6.45, 7) is 10.6. The SMILES string of the molecule is CCCC(=O)C1CCN(CON(C)C(=O)C2CCN(C(=O)OC(C)(C)C)CC2)CC1. The smallest absolute Gasteiger partial charge is 0.410 e. The van der Waals surface area contributed by atoms with Crippen LogP contribution >= 0.6 is 0 Å². The standard InChI is InChI=1S/C22H39N3O5/c1-6-7-19(26)17-8-12-24(13-9-17)16-29-23(5)20(27)18-10-14-25(15-11-18)21(28)30-22(2,3)4/h17-18H,6-16H2,1-5H3. The molecule has 8 heteroatoms. The zero-order valence-electron chi connectivity index (χ0n) is 19.3. The number of amides is 2. The Balaban J connectivity index is 1.68. The van der Waals surface area contributed by atoms with Crippen LogP contribution in [0.1, 0.15) is 66.2 Å². The van der Waals surface area contributed by atoms with Gasteiger partial charge in [-0.25, -0.2) is 9.86 Å². The molecular formula is C22H39N3O5. The van der Waals surface area contributed by atoms with Crippen molar-refractivity contribution in [3.8, 4) is 0 Å². The minimum Gasteiger partial charge on any atom is -0.444 e. The van der Waals surface area contributed by atoms with Crippen LogP contribution in [0.5, 0.6) is 0 Å². The van der Waals surface area contributed by atoms with Crippen LogP contribution in [0.25, 0.3) is 0 Å². The molecule has 0 bridgehead atoms. The number of likely N-dealkylation sites (tertiary alicyclic amines) is 2. The molecule has 0 aromatic carbocycles. The van der Waals surface area contributed by atoms with Gasteiger partial charge in [0.25, 0.3) is 0 Å². The van der Waals surface area contributed by atoms with Crippen LogP contribution in [0, 0.1) is 11.8 Å². The molecule has 2 heterocycles. The van der Waals surface area contributed by atoms with E-state index in [0.717, 1.165) is 32.4 Å². The summed E-state index contributed by atoms with van der Waals surface area (Å²) in [4.78, 5) is 46.4. The van der Waals surface area contributed by atoms with E-state index in [-0.39, 0.29) is 23.8 Å². The third kappa shape index (κ3) is 7.54. The van der Waals surface area contributed by atoms with Crippen LogP contribution in [-0.4, -0.2) is 78.2 Å². The first kappa shape index (κ1) is 24.6. The maximum absolute atomic E-state index is 12.7. The summed E-state index contributed by atoms with van der Waals surface area (Å²) in [6, 6.07) is 0. The molecule has 0 aromatic rings. The van der Waals surface area contributed by atoms with E-state index in [1.807, 2.05) is 27.7 Å². The summed E-state index contributed by atoms with van der Waals surface area (Å²) in [5.41, 5.74) is -0.518. The molecular weight excluding hydrogens is 386 g/mol. The minimum absolute atomic E-state index is 0.0492. The Hall–Kier alpha value is -1.67. The van der Waals surface area contributed by atoms with Crippen LogP contribution < -0.4 is 0 Å².